The summed E-state index contributed by atoms with van der Waals surface area (Å²) in [6.07, 6.45) is 0. The Morgan fingerprint density at radius 3 is 2.74 bits per heavy atom. The fourth-order valence-corrected chi connectivity index (χ4v) is 2.77. The van der Waals surface area contributed by atoms with Gasteiger partial charge in [-0.3, -0.25) is 9.69 Å². The lowest BCUT2D eigenvalue weighted by atomic mass is 10.2. The summed E-state index contributed by atoms with van der Waals surface area (Å²) in [4.78, 5) is 27.9. The Bertz CT molecular complexity index is 837. The van der Waals surface area contributed by atoms with Gasteiger partial charge in [-0.2, -0.15) is 0 Å². The number of nitrogens with one attached hydrogen (secondary N) is 1. The van der Waals surface area contributed by atoms with Gasteiger partial charge in [0.05, 0.1) is 26.5 Å². The highest BCUT2D eigenvalue weighted by atomic mass is 16.5. The molecule has 0 bridgehead atoms. The number of methoxy groups -OCH3 is 2. The molecule has 1 fully saturated rings. The number of benzene rings is 1. The lowest BCUT2D eigenvalue weighted by molar-refractivity contribution is -0.121. The van der Waals surface area contributed by atoms with Crippen LogP contribution in [0.3, 0.4) is 0 Å². The van der Waals surface area contributed by atoms with E-state index in [0.717, 1.165) is 0 Å². The highest BCUT2D eigenvalue weighted by molar-refractivity contribution is 5.97. The first-order chi connectivity index (χ1) is 13.0. The number of ether oxygens (including phenoxy) is 2. The van der Waals surface area contributed by atoms with Gasteiger partial charge in [0.25, 0.3) is 0 Å². The normalized spacial score (nSPS) is 13.8. The van der Waals surface area contributed by atoms with Crippen molar-refractivity contribution in [2.75, 3.05) is 38.8 Å². The zero-order chi connectivity index (χ0) is 19.4. The van der Waals surface area contributed by atoms with Crippen molar-refractivity contribution in [3.05, 3.63) is 30.0 Å². The fraction of sp³-hybridized carbons (Fsp3) is 0.412. The Morgan fingerprint density at radius 2 is 2.07 bits per heavy atom. The molecule has 1 saturated heterocycles. The van der Waals surface area contributed by atoms with Gasteiger partial charge in [0.1, 0.15) is 18.0 Å². The number of carbonyl (C=O) groups excluding carboxylic acids is 2. The van der Waals surface area contributed by atoms with Gasteiger partial charge in [0, 0.05) is 26.1 Å². The van der Waals surface area contributed by atoms with Gasteiger partial charge in [-0.15, -0.1) is 10.2 Å². The van der Waals surface area contributed by atoms with Gasteiger partial charge in [0.2, 0.25) is 17.7 Å². The van der Waals surface area contributed by atoms with Gasteiger partial charge in [0.15, 0.2) is 0 Å². The number of anilines is 1. The lowest BCUT2D eigenvalue weighted by Crippen LogP contribution is -2.39. The minimum Gasteiger partial charge on any atom is -0.497 e. The van der Waals surface area contributed by atoms with Crippen LogP contribution in [0, 0.1) is 6.92 Å². The number of aryl methyl sites for hydroxylation is 1. The molecule has 10 nitrogen and oxygen atoms in total. The summed E-state index contributed by atoms with van der Waals surface area (Å²) in [5.41, 5.74) is 0.603. The van der Waals surface area contributed by atoms with Crippen LogP contribution in [0.1, 0.15) is 11.8 Å². The van der Waals surface area contributed by atoms with E-state index < -0.39 is 0 Å². The van der Waals surface area contributed by atoms with Crippen LogP contribution < -0.4 is 19.7 Å². The van der Waals surface area contributed by atoms with Gasteiger partial charge in [-0.1, -0.05) is 0 Å². The van der Waals surface area contributed by atoms with Crippen LogP contribution in [0.4, 0.5) is 10.5 Å². The molecule has 1 N–H and O–H groups in total. The third-order valence-corrected chi connectivity index (χ3v) is 4.11. The molecule has 0 spiro atoms. The molecule has 0 saturated carbocycles. The molecule has 0 aliphatic carbocycles. The maximum Gasteiger partial charge on any atom is 0.325 e. The molecule has 27 heavy (non-hydrogen) atoms. The van der Waals surface area contributed by atoms with Crippen molar-refractivity contribution in [1.29, 1.82) is 0 Å². The van der Waals surface area contributed by atoms with Gasteiger partial charge in [-0.05, 0) is 12.1 Å². The third-order valence-electron chi connectivity index (χ3n) is 4.11. The van der Waals surface area contributed by atoms with Crippen molar-refractivity contribution >= 4 is 17.6 Å². The predicted octanol–water partition coefficient (Wildman–Crippen LogP) is 0.954. The summed E-state index contributed by atoms with van der Waals surface area (Å²) in [6.45, 7) is 2.59. The van der Waals surface area contributed by atoms with Crippen LogP contribution in [-0.2, 0) is 11.3 Å². The van der Waals surface area contributed by atoms with Crippen LogP contribution >= 0.6 is 0 Å². The number of carbonyl (C=O) groups is 2. The Balaban J connectivity index is 1.62. The monoisotopic (exact) mass is 375 g/mol. The molecule has 1 aromatic carbocycles. The van der Waals surface area contributed by atoms with Crippen molar-refractivity contribution in [2.24, 2.45) is 0 Å². The lowest BCUT2D eigenvalue weighted by Gasteiger charge is -2.20. The van der Waals surface area contributed by atoms with Gasteiger partial charge < -0.3 is 24.1 Å². The van der Waals surface area contributed by atoms with E-state index in [4.69, 9.17) is 13.9 Å². The molecule has 3 amide bonds. The number of hydrogen-bond acceptors (Lipinski definition) is 7. The number of urea groups is 1. The molecule has 2 heterocycles. The van der Waals surface area contributed by atoms with Crippen LogP contribution in [0.15, 0.2) is 22.6 Å². The number of nitrogens with zero attached hydrogens (tertiary/aromatic N) is 4. The molecule has 2 aromatic rings. The van der Waals surface area contributed by atoms with Crippen molar-refractivity contribution in [3.8, 4) is 11.5 Å². The second kappa shape index (κ2) is 7.94. The Kier molecular flexibility index (Phi) is 5.43. The standard InChI is InChI=1S/C17H21N5O5/c1-11-19-20-16(27-11)9-18-15(23)10-21-6-7-22(17(21)24)13-8-12(25-2)4-5-14(13)26-3/h4-5,8H,6-7,9-10H2,1-3H3,(H,18,23). The van der Waals surface area contributed by atoms with E-state index in [1.54, 1.807) is 37.1 Å². The topological polar surface area (TPSA) is 110 Å². The smallest absolute Gasteiger partial charge is 0.325 e. The van der Waals surface area contributed by atoms with E-state index in [-0.39, 0.29) is 25.0 Å². The molecular weight excluding hydrogens is 354 g/mol. The quantitative estimate of drug-likeness (QED) is 0.767. The first-order valence-corrected chi connectivity index (χ1v) is 8.36. The molecule has 0 atom stereocenters. The van der Waals surface area contributed by atoms with E-state index in [1.807, 2.05) is 0 Å². The zero-order valence-electron chi connectivity index (χ0n) is 15.4. The molecule has 144 valence electrons. The second-order valence-electron chi connectivity index (χ2n) is 5.89. The van der Waals surface area contributed by atoms with Gasteiger partial charge >= 0.3 is 6.03 Å². The van der Waals surface area contributed by atoms with Crippen molar-refractivity contribution < 1.29 is 23.5 Å². The third kappa shape index (κ3) is 4.10. The van der Waals surface area contributed by atoms with E-state index >= 15 is 0 Å². The van der Waals surface area contributed by atoms with Crippen molar-refractivity contribution in [2.45, 2.75) is 13.5 Å². The summed E-state index contributed by atoms with van der Waals surface area (Å²) in [6, 6.07) is 4.96. The summed E-state index contributed by atoms with van der Waals surface area (Å²) >= 11 is 0. The van der Waals surface area contributed by atoms with E-state index in [1.165, 1.54) is 12.0 Å². The molecule has 1 aliphatic rings. The number of amides is 3. The van der Waals surface area contributed by atoms with Crippen LogP contribution in [0.2, 0.25) is 0 Å². The van der Waals surface area contributed by atoms with Crippen LogP contribution in [0.25, 0.3) is 0 Å². The fourth-order valence-electron chi connectivity index (χ4n) is 2.77. The average molecular weight is 375 g/mol. The number of rotatable bonds is 7. The molecule has 0 radical (unpaired) electrons. The minimum atomic E-state index is -0.307. The van der Waals surface area contributed by atoms with E-state index in [0.29, 0.717) is 42.1 Å². The molecule has 3 rings (SSSR count). The van der Waals surface area contributed by atoms with Gasteiger partial charge in [-0.25, -0.2) is 4.79 Å². The molecular formula is C17H21N5O5. The summed E-state index contributed by atoms with van der Waals surface area (Å²) in [7, 11) is 3.09. The largest absolute Gasteiger partial charge is 0.497 e. The summed E-state index contributed by atoms with van der Waals surface area (Å²) < 4.78 is 15.8. The van der Waals surface area contributed by atoms with E-state index in [9.17, 15) is 9.59 Å². The molecule has 10 heteroatoms. The molecule has 0 unspecified atom stereocenters. The number of aromatic nitrogens is 2. The summed E-state index contributed by atoms with van der Waals surface area (Å²) in [5, 5.41) is 10.2. The van der Waals surface area contributed by atoms with Crippen LogP contribution in [-0.4, -0.2) is 60.9 Å². The second-order valence-corrected chi connectivity index (χ2v) is 5.89. The van der Waals surface area contributed by atoms with E-state index in [2.05, 4.69) is 15.5 Å². The first-order valence-electron chi connectivity index (χ1n) is 8.36. The maximum absolute atomic E-state index is 12.7. The highest BCUT2D eigenvalue weighted by Gasteiger charge is 2.32. The Labute approximate surface area is 156 Å². The van der Waals surface area contributed by atoms with Crippen molar-refractivity contribution in [1.82, 2.24) is 20.4 Å². The number of hydrogen-bond donors (Lipinski definition) is 1. The predicted molar refractivity (Wildman–Crippen MR) is 94.7 cm³/mol. The maximum atomic E-state index is 12.7. The molecule has 1 aromatic heterocycles. The zero-order valence-corrected chi connectivity index (χ0v) is 15.4. The highest BCUT2D eigenvalue weighted by Crippen LogP contribution is 2.34. The van der Waals surface area contributed by atoms with Crippen LogP contribution in [0.5, 0.6) is 11.5 Å². The minimum absolute atomic E-state index is 0.0608. The van der Waals surface area contributed by atoms with Crippen molar-refractivity contribution in [3.63, 3.8) is 0 Å². The Morgan fingerprint density at radius 1 is 1.26 bits per heavy atom. The SMILES string of the molecule is COc1ccc(OC)c(N2CCN(CC(=O)NCc3nnc(C)o3)C2=O)c1. The first kappa shape index (κ1) is 18.5. The average Bonchev–Trinajstić information content (AvgIpc) is 3.25. The summed E-state index contributed by atoms with van der Waals surface area (Å²) in [5.74, 6) is 1.61. The Hall–Kier alpha value is -3.30. The molecule has 1 aliphatic heterocycles.